The maximum absolute atomic E-state index is 5.61. The summed E-state index contributed by atoms with van der Waals surface area (Å²) < 4.78 is 5.61. The molecule has 0 aromatic heterocycles. The Balaban J connectivity index is 1.94. The number of aryl methyl sites for hydroxylation is 3. The van der Waals surface area contributed by atoms with E-state index in [4.69, 9.17) is 4.74 Å². The molecule has 0 heterocycles. The fourth-order valence-corrected chi connectivity index (χ4v) is 2.97. The van der Waals surface area contributed by atoms with E-state index in [-0.39, 0.29) is 0 Å². The number of hydrogen-bond acceptors (Lipinski definition) is 2. The van der Waals surface area contributed by atoms with Crippen molar-refractivity contribution in [3.63, 3.8) is 0 Å². The van der Waals surface area contributed by atoms with Gasteiger partial charge in [0.15, 0.2) is 0 Å². The van der Waals surface area contributed by atoms with E-state index in [1.54, 1.807) is 0 Å². The van der Waals surface area contributed by atoms with Crippen LogP contribution in [-0.4, -0.2) is 18.8 Å². The molecule has 0 saturated heterocycles. The van der Waals surface area contributed by atoms with Crippen molar-refractivity contribution >= 4 is 0 Å². The van der Waals surface area contributed by atoms with Crippen molar-refractivity contribution in [3.8, 4) is 0 Å². The molecule has 0 aliphatic heterocycles. The summed E-state index contributed by atoms with van der Waals surface area (Å²) in [5.41, 5.74) is 5.59. The molecule has 1 aromatic rings. The summed E-state index contributed by atoms with van der Waals surface area (Å²) in [7, 11) is 0. The molecule has 2 nitrogen and oxygen atoms in total. The van der Waals surface area contributed by atoms with Gasteiger partial charge in [-0.25, -0.2) is 0 Å². The third-order valence-corrected chi connectivity index (χ3v) is 4.33. The van der Waals surface area contributed by atoms with Crippen LogP contribution in [0.4, 0.5) is 0 Å². The van der Waals surface area contributed by atoms with Crippen molar-refractivity contribution in [1.29, 1.82) is 0 Å². The molecule has 106 valence electrons. The number of ether oxygens (including phenoxy) is 1. The zero-order valence-corrected chi connectivity index (χ0v) is 12.9. The van der Waals surface area contributed by atoms with E-state index in [1.807, 2.05) is 0 Å². The molecule has 1 atom stereocenters. The second-order valence-corrected chi connectivity index (χ2v) is 5.93. The number of nitrogens with one attached hydrogen (secondary N) is 1. The van der Waals surface area contributed by atoms with Gasteiger partial charge in [0, 0.05) is 18.7 Å². The van der Waals surface area contributed by atoms with Crippen LogP contribution >= 0.6 is 0 Å². The van der Waals surface area contributed by atoms with Crippen LogP contribution in [0.5, 0.6) is 0 Å². The lowest BCUT2D eigenvalue weighted by Gasteiger charge is -2.37. The van der Waals surface area contributed by atoms with Gasteiger partial charge in [0.25, 0.3) is 0 Å². The number of hydrogen-bond donors (Lipinski definition) is 1. The van der Waals surface area contributed by atoms with Gasteiger partial charge in [-0.05, 0) is 69.7 Å². The van der Waals surface area contributed by atoms with Gasteiger partial charge in [-0.1, -0.05) is 12.1 Å². The van der Waals surface area contributed by atoms with Gasteiger partial charge in [-0.2, -0.15) is 0 Å². The maximum atomic E-state index is 5.61. The van der Waals surface area contributed by atoms with Crippen LogP contribution in [0.3, 0.4) is 0 Å². The van der Waals surface area contributed by atoms with E-state index in [2.05, 4.69) is 52.1 Å². The minimum Gasteiger partial charge on any atom is -0.378 e. The molecular weight excluding hydrogens is 234 g/mol. The summed E-state index contributed by atoms with van der Waals surface area (Å²) >= 11 is 0. The summed E-state index contributed by atoms with van der Waals surface area (Å²) in [6.07, 6.45) is 2.79. The van der Waals surface area contributed by atoms with Crippen molar-refractivity contribution in [2.45, 2.75) is 65.6 Å². The second-order valence-electron chi connectivity index (χ2n) is 5.93. The van der Waals surface area contributed by atoms with Crippen molar-refractivity contribution in [2.75, 3.05) is 6.61 Å². The fourth-order valence-electron chi connectivity index (χ4n) is 2.97. The molecule has 1 fully saturated rings. The van der Waals surface area contributed by atoms with Crippen molar-refractivity contribution < 1.29 is 4.74 Å². The van der Waals surface area contributed by atoms with E-state index in [0.29, 0.717) is 18.2 Å². The Bertz CT molecular complexity index is 435. The van der Waals surface area contributed by atoms with E-state index in [0.717, 1.165) is 19.4 Å². The largest absolute Gasteiger partial charge is 0.378 e. The van der Waals surface area contributed by atoms with Gasteiger partial charge < -0.3 is 10.1 Å². The molecule has 0 spiro atoms. The first-order valence-corrected chi connectivity index (χ1v) is 7.46. The van der Waals surface area contributed by atoms with Crippen molar-refractivity contribution in [3.05, 3.63) is 34.4 Å². The van der Waals surface area contributed by atoms with E-state index in [1.165, 1.54) is 22.3 Å². The predicted molar refractivity (Wildman–Crippen MR) is 80.6 cm³/mol. The van der Waals surface area contributed by atoms with Crippen LogP contribution < -0.4 is 5.32 Å². The Morgan fingerprint density at radius 1 is 1.16 bits per heavy atom. The topological polar surface area (TPSA) is 21.3 Å². The van der Waals surface area contributed by atoms with Gasteiger partial charge in [-0.3, -0.25) is 0 Å². The van der Waals surface area contributed by atoms with Crippen LogP contribution in [0.2, 0.25) is 0 Å². The smallest absolute Gasteiger partial charge is 0.0604 e. The number of benzene rings is 1. The summed E-state index contributed by atoms with van der Waals surface area (Å²) in [5.74, 6) is 0. The Kier molecular flexibility index (Phi) is 4.64. The summed E-state index contributed by atoms with van der Waals surface area (Å²) in [6, 6.07) is 5.67. The highest BCUT2D eigenvalue weighted by atomic mass is 16.5. The second kappa shape index (κ2) is 6.06. The normalized spacial score (nSPS) is 24.1. The molecule has 1 N–H and O–H groups in total. The molecule has 1 unspecified atom stereocenters. The van der Waals surface area contributed by atoms with E-state index in [9.17, 15) is 0 Å². The predicted octanol–water partition coefficient (Wildman–Crippen LogP) is 3.83. The molecule has 1 aromatic carbocycles. The van der Waals surface area contributed by atoms with Crippen molar-refractivity contribution in [1.82, 2.24) is 5.32 Å². The van der Waals surface area contributed by atoms with Gasteiger partial charge >= 0.3 is 0 Å². The molecular formula is C17H27NO. The molecule has 2 heteroatoms. The minimum atomic E-state index is 0.423. The molecule has 1 saturated carbocycles. The third-order valence-electron chi connectivity index (χ3n) is 4.33. The molecule has 1 aliphatic carbocycles. The molecule has 19 heavy (non-hydrogen) atoms. The Morgan fingerprint density at radius 2 is 1.79 bits per heavy atom. The zero-order chi connectivity index (χ0) is 14.0. The minimum absolute atomic E-state index is 0.423. The van der Waals surface area contributed by atoms with Gasteiger partial charge in [0.2, 0.25) is 0 Å². The lowest BCUT2D eigenvalue weighted by Crippen LogP contribution is -2.46. The molecule has 1 aliphatic rings. The average molecular weight is 261 g/mol. The van der Waals surface area contributed by atoms with Crippen LogP contribution in [0.25, 0.3) is 0 Å². The number of rotatable bonds is 5. The molecule has 0 amide bonds. The van der Waals surface area contributed by atoms with Crippen molar-refractivity contribution in [2.24, 2.45) is 0 Å². The zero-order valence-electron chi connectivity index (χ0n) is 12.9. The van der Waals surface area contributed by atoms with Gasteiger partial charge in [0.05, 0.1) is 6.10 Å². The lowest BCUT2D eigenvalue weighted by molar-refractivity contribution is -0.0120. The molecule has 0 radical (unpaired) electrons. The maximum Gasteiger partial charge on any atom is 0.0604 e. The first-order chi connectivity index (χ1) is 9.01. The molecule has 2 rings (SSSR count). The highest BCUT2D eigenvalue weighted by molar-refractivity contribution is 5.38. The Morgan fingerprint density at radius 3 is 2.42 bits per heavy atom. The van der Waals surface area contributed by atoms with Crippen LogP contribution in [0, 0.1) is 20.8 Å². The summed E-state index contributed by atoms with van der Waals surface area (Å²) in [6.45, 7) is 11.8. The first kappa shape index (κ1) is 14.5. The van der Waals surface area contributed by atoms with Crippen LogP contribution in [0.15, 0.2) is 12.1 Å². The van der Waals surface area contributed by atoms with E-state index < -0.39 is 0 Å². The third kappa shape index (κ3) is 3.37. The fraction of sp³-hybridized carbons (Fsp3) is 0.647. The first-order valence-electron chi connectivity index (χ1n) is 7.46. The van der Waals surface area contributed by atoms with Crippen LogP contribution in [0.1, 0.15) is 55.0 Å². The van der Waals surface area contributed by atoms with E-state index >= 15 is 0 Å². The Labute approximate surface area is 117 Å². The van der Waals surface area contributed by atoms with Gasteiger partial charge in [0.1, 0.15) is 0 Å². The highest BCUT2D eigenvalue weighted by Gasteiger charge is 2.30. The highest BCUT2D eigenvalue weighted by Crippen LogP contribution is 2.28. The molecule has 0 bridgehead atoms. The monoisotopic (exact) mass is 261 g/mol. The Hall–Kier alpha value is -0.860. The van der Waals surface area contributed by atoms with Crippen LogP contribution in [-0.2, 0) is 4.74 Å². The summed E-state index contributed by atoms with van der Waals surface area (Å²) in [5, 5.41) is 3.73. The lowest BCUT2D eigenvalue weighted by atomic mass is 9.87. The summed E-state index contributed by atoms with van der Waals surface area (Å²) in [4.78, 5) is 0. The SMILES string of the molecule is CCOC1CC(NC(C)c2cc(C)c(C)cc2C)C1. The average Bonchev–Trinajstić information content (AvgIpc) is 2.31. The van der Waals surface area contributed by atoms with Gasteiger partial charge in [-0.15, -0.1) is 0 Å². The standard InChI is InChI=1S/C17H27NO/c1-6-19-16-9-15(10-16)18-14(5)17-8-12(3)11(2)7-13(17)4/h7-8,14-16,18H,6,9-10H2,1-5H3. The quantitative estimate of drug-likeness (QED) is 0.869.